The molecule has 7 nitrogen and oxygen atoms in total. The molecule has 0 N–H and O–H groups in total. The van der Waals surface area contributed by atoms with Gasteiger partial charge in [-0.15, -0.1) is 5.10 Å². The smallest absolute Gasteiger partial charge is 0.227 e. The number of hydrogen-bond donors (Lipinski definition) is 0. The number of benzene rings is 1. The Kier molecular flexibility index (Phi) is 4.63. The third-order valence-electron chi connectivity index (χ3n) is 5.38. The summed E-state index contributed by atoms with van der Waals surface area (Å²) in [6.07, 6.45) is 6.06. The Bertz CT molecular complexity index is 774. The molecule has 1 amide bonds. The quantitative estimate of drug-likeness (QED) is 0.824. The number of rotatable bonds is 4. The molecule has 1 saturated heterocycles. The first-order valence-electron chi connectivity index (χ1n) is 9.16. The largest absolute Gasteiger partial charge is 0.493 e. The Morgan fingerprint density at radius 1 is 1.35 bits per heavy atom. The van der Waals surface area contributed by atoms with Crippen molar-refractivity contribution >= 4 is 5.91 Å². The van der Waals surface area contributed by atoms with Crippen LogP contribution in [0.5, 0.6) is 5.75 Å². The molecule has 0 bridgehead atoms. The first kappa shape index (κ1) is 17.0. The van der Waals surface area contributed by atoms with Crippen molar-refractivity contribution in [3.8, 4) is 5.75 Å². The van der Waals surface area contributed by atoms with Crippen LogP contribution in [0.2, 0.25) is 0 Å². The van der Waals surface area contributed by atoms with Crippen LogP contribution in [-0.2, 0) is 17.6 Å². The van der Waals surface area contributed by atoms with Gasteiger partial charge in [0.1, 0.15) is 5.75 Å². The van der Waals surface area contributed by atoms with Crippen molar-refractivity contribution in [2.75, 3.05) is 33.8 Å². The first-order chi connectivity index (χ1) is 12.6. The second kappa shape index (κ2) is 7.07. The number of amides is 1. The van der Waals surface area contributed by atoms with Crippen LogP contribution < -0.4 is 4.74 Å². The predicted molar refractivity (Wildman–Crippen MR) is 97.1 cm³/mol. The van der Waals surface area contributed by atoms with Crippen LogP contribution in [0.1, 0.15) is 23.6 Å². The van der Waals surface area contributed by atoms with Gasteiger partial charge in [-0.25, -0.2) is 4.68 Å². The fourth-order valence-electron chi connectivity index (χ4n) is 3.94. The van der Waals surface area contributed by atoms with E-state index in [1.807, 2.05) is 42.0 Å². The molecule has 2 aliphatic rings. The molecule has 7 heteroatoms. The highest BCUT2D eigenvalue weighted by Crippen LogP contribution is 2.28. The molecule has 1 aromatic heterocycles. The van der Waals surface area contributed by atoms with E-state index >= 15 is 0 Å². The van der Waals surface area contributed by atoms with E-state index in [2.05, 4.69) is 21.3 Å². The van der Waals surface area contributed by atoms with Gasteiger partial charge < -0.3 is 14.5 Å². The number of aryl methyl sites for hydroxylation is 1. The molecular formula is C19H25N5O2. The lowest BCUT2D eigenvalue weighted by atomic mass is 10.0. The number of hydrogen-bond acceptors (Lipinski definition) is 5. The number of likely N-dealkylation sites (tertiary alicyclic amines) is 1. The van der Waals surface area contributed by atoms with E-state index in [-0.39, 0.29) is 18.0 Å². The number of nitrogens with zero attached hydrogens (tertiary/aromatic N) is 5. The van der Waals surface area contributed by atoms with Gasteiger partial charge in [0.05, 0.1) is 31.3 Å². The maximum Gasteiger partial charge on any atom is 0.227 e. The van der Waals surface area contributed by atoms with Gasteiger partial charge in [-0.05, 0) is 44.1 Å². The molecule has 0 spiro atoms. The zero-order valence-electron chi connectivity index (χ0n) is 15.3. The fourth-order valence-corrected chi connectivity index (χ4v) is 3.94. The van der Waals surface area contributed by atoms with Gasteiger partial charge >= 0.3 is 0 Å². The molecule has 2 aromatic rings. The summed E-state index contributed by atoms with van der Waals surface area (Å²) in [7, 11) is 4.10. The topological polar surface area (TPSA) is 63.5 Å². The second-order valence-electron chi connectivity index (χ2n) is 7.35. The Hall–Kier alpha value is -2.41. The standard InChI is InChI=1S/C19H25N5O2/c1-22(2)16-12-23(13-17(16)24-8-7-20-21-24)19(25)11-14-5-6-18-15(10-14)4-3-9-26-18/h5-8,10,16-17H,3-4,9,11-13H2,1-2H3/t16-,17+/m1/s1. The van der Waals surface area contributed by atoms with E-state index in [0.29, 0.717) is 19.5 Å². The van der Waals surface area contributed by atoms with E-state index in [1.165, 1.54) is 5.56 Å². The van der Waals surface area contributed by atoms with E-state index in [1.54, 1.807) is 6.20 Å². The van der Waals surface area contributed by atoms with Crippen molar-refractivity contribution in [1.29, 1.82) is 0 Å². The van der Waals surface area contributed by atoms with Gasteiger partial charge in [0.2, 0.25) is 5.91 Å². The monoisotopic (exact) mass is 355 g/mol. The van der Waals surface area contributed by atoms with Crippen LogP contribution in [0.15, 0.2) is 30.6 Å². The maximum absolute atomic E-state index is 12.9. The summed E-state index contributed by atoms with van der Waals surface area (Å²) in [6.45, 7) is 2.16. The summed E-state index contributed by atoms with van der Waals surface area (Å²) in [6, 6.07) is 6.50. The summed E-state index contributed by atoms with van der Waals surface area (Å²) in [5, 5.41) is 8.06. The molecular weight excluding hydrogens is 330 g/mol. The van der Waals surface area contributed by atoms with Crippen molar-refractivity contribution in [3.05, 3.63) is 41.7 Å². The summed E-state index contributed by atoms with van der Waals surface area (Å²) in [4.78, 5) is 17.0. The average molecular weight is 355 g/mol. The zero-order valence-corrected chi connectivity index (χ0v) is 15.3. The molecule has 0 aliphatic carbocycles. The second-order valence-corrected chi connectivity index (χ2v) is 7.35. The van der Waals surface area contributed by atoms with Crippen LogP contribution in [0.25, 0.3) is 0 Å². The highest BCUT2D eigenvalue weighted by atomic mass is 16.5. The summed E-state index contributed by atoms with van der Waals surface area (Å²) >= 11 is 0. The van der Waals surface area contributed by atoms with Crippen molar-refractivity contribution in [2.24, 2.45) is 0 Å². The van der Waals surface area contributed by atoms with Crippen LogP contribution in [-0.4, -0.2) is 70.5 Å². The first-order valence-corrected chi connectivity index (χ1v) is 9.16. The van der Waals surface area contributed by atoms with Gasteiger partial charge in [-0.1, -0.05) is 17.3 Å². The molecule has 138 valence electrons. The molecule has 0 radical (unpaired) electrons. The summed E-state index contributed by atoms with van der Waals surface area (Å²) in [5.41, 5.74) is 2.28. The number of fused-ring (bicyclic) bond motifs is 1. The molecule has 2 atom stereocenters. The van der Waals surface area contributed by atoms with Crippen molar-refractivity contribution in [2.45, 2.75) is 31.3 Å². The minimum Gasteiger partial charge on any atom is -0.493 e. The normalized spacial score (nSPS) is 22.3. The van der Waals surface area contributed by atoms with Gasteiger partial charge in [0.15, 0.2) is 0 Å². The SMILES string of the molecule is CN(C)[C@@H]1CN(C(=O)Cc2ccc3c(c2)CCCO3)C[C@@H]1n1ccnn1. The van der Waals surface area contributed by atoms with Gasteiger partial charge in [-0.3, -0.25) is 4.79 Å². The Morgan fingerprint density at radius 3 is 3.00 bits per heavy atom. The van der Waals surface area contributed by atoms with Gasteiger partial charge in [0.25, 0.3) is 0 Å². The van der Waals surface area contributed by atoms with Crippen LogP contribution >= 0.6 is 0 Å². The van der Waals surface area contributed by atoms with Crippen LogP contribution in [0.3, 0.4) is 0 Å². The van der Waals surface area contributed by atoms with Crippen molar-refractivity contribution in [1.82, 2.24) is 24.8 Å². The third kappa shape index (κ3) is 3.31. The average Bonchev–Trinajstić information content (AvgIpc) is 3.31. The number of ether oxygens (including phenoxy) is 1. The maximum atomic E-state index is 12.9. The summed E-state index contributed by atoms with van der Waals surface area (Å²) in [5.74, 6) is 1.13. The molecule has 2 aliphatic heterocycles. The molecule has 0 saturated carbocycles. The predicted octanol–water partition coefficient (Wildman–Crippen LogP) is 1.16. The van der Waals surface area contributed by atoms with Crippen molar-refractivity contribution in [3.63, 3.8) is 0 Å². The van der Waals surface area contributed by atoms with Crippen molar-refractivity contribution < 1.29 is 9.53 Å². The minimum atomic E-state index is 0.133. The van der Waals surface area contributed by atoms with E-state index in [0.717, 1.165) is 30.8 Å². The lowest BCUT2D eigenvalue weighted by molar-refractivity contribution is -0.129. The van der Waals surface area contributed by atoms with E-state index in [9.17, 15) is 4.79 Å². The third-order valence-corrected chi connectivity index (χ3v) is 5.38. The molecule has 1 aromatic carbocycles. The highest BCUT2D eigenvalue weighted by Gasteiger charge is 2.38. The van der Waals surface area contributed by atoms with E-state index < -0.39 is 0 Å². The summed E-state index contributed by atoms with van der Waals surface area (Å²) < 4.78 is 7.53. The van der Waals surface area contributed by atoms with Gasteiger partial charge in [0, 0.05) is 19.3 Å². The van der Waals surface area contributed by atoms with Crippen LogP contribution in [0.4, 0.5) is 0 Å². The number of carbonyl (C=O) groups is 1. The molecule has 26 heavy (non-hydrogen) atoms. The fraction of sp³-hybridized carbons (Fsp3) is 0.526. The number of carbonyl (C=O) groups excluding carboxylic acids is 1. The number of aromatic nitrogens is 3. The lowest BCUT2D eigenvalue weighted by Gasteiger charge is -2.24. The molecule has 4 rings (SSSR count). The Balaban J connectivity index is 1.46. The zero-order chi connectivity index (χ0) is 18.1. The Labute approximate surface area is 153 Å². The highest BCUT2D eigenvalue weighted by molar-refractivity contribution is 5.79. The van der Waals surface area contributed by atoms with Crippen LogP contribution in [0, 0.1) is 0 Å². The van der Waals surface area contributed by atoms with Gasteiger partial charge in [-0.2, -0.15) is 0 Å². The molecule has 3 heterocycles. The Morgan fingerprint density at radius 2 is 2.23 bits per heavy atom. The molecule has 1 fully saturated rings. The van der Waals surface area contributed by atoms with E-state index in [4.69, 9.17) is 4.74 Å². The lowest BCUT2D eigenvalue weighted by Crippen LogP contribution is -2.37. The minimum absolute atomic E-state index is 0.133. The molecule has 0 unspecified atom stereocenters. The number of likely N-dealkylation sites (N-methyl/N-ethyl adjacent to an activating group) is 1.